The number of amides is 2. The van der Waals surface area contributed by atoms with E-state index in [1.54, 1.807) is 7.11 Å². The predicted octanol–water partition coefficient (Wildman–Crippen LogP) is 0.466. The molecular formula is C9H15NO3. The Morgan fingerprint density at radius 3 is 2.31 bits per heavy atom. The zero-order valence-electron chi connectivity index (χ0n) is 8.05. The van der Waals surface area contributed by atoms with Crippen LogP contribution < -0.4 is 5.32 Å². The van der Waals surface area contributed by atoms with Crippen LogP contribution in [0.5, 0.6) is 0 Å². The second-order valence-electron chi connectivity index (χ2n) is 3.61. The van der Waals surface area contributed by atoms with Crippen molar-refractivity contribution >= 4 is 11.8 Å². The molecule has 0 atom stereocenters. The molecule has 0 spiro atoms. The molecule has 4 heteroatoms. The minimum Gasteiger partial charge on any atom is -0.384 e. The highest BCUT2D eigenvalue weighted by Gasteiger charge is 2.38. The molecule has 74 valence electrons. The van der Waals surface area contributed by atoms with E-state index in [0.717, 1.165) is 6.42 Å². The van der Waals surface area contributed by atoms with Gasteiger partial charge in [-0.05, 0) is 6.42 Å². The molecule has 1 N–H and O–H groups in total. The number of methoxy groups -OCH3 is 1. The third-order valence-corrected chi connectivity index (χ3v) is 2.55. The molecule has 1 rings (SSSR count). The van der Waals surface area contributed by atoms with Crippen LogP contribution in [-0.4, -0.2) is 25.5 Å². The SMILES string of the molecule is CCC1(COC)CC(=O)NC(=O)C1. The summed E-state index contributed by atoms with van der Waals surface area (Å²) < 4.78 is 5.04. The normalized spacial score (nSPS) is 21.4. The van der Waals surface area contributed by atoms with Crippen molar-refractivity contribution in [3.63, 3.8) is 0 Å². The standard InChI is InChI=1S/C9H15NO3/c1-3-9(6-13-2)4-7(11)10-8(12)5-9/h3-6H2,1-2H3,(H,10,11,12). The fourth-order valence-corrected chi connectivity index (χ4v) is 1.75. The second-order valence-corrected chi connectivity index (χ2v) is 3.61. The third-order valence-electron chi connectivity index (χ3n) is 2.55. The van der Waals surface area contributed by atoms with Gasteiger partial charge in [0.2, 0.25) is 11.8 Å². The lowest BCUT2D eigenvalue weighted by Gasteiger charge is -2.33. The van der Waals surface area contributed by atoms with Crippen LogP contribution in [-0.2, 0) is 14.3 Å². The zero-order valence-corrected chi connectivity index (χ0v) is 8.05. The van der Waals surface area contributed by atoms with Crippen molar-refractivity contribution in [3.8, 4) is 0 Å². The summed E-state index contributed by atoms with van der Waals surface area (Å²) in [5.74, 6) is -0.370. The third kappa shape index (κ3) is 2.28. The number of piperidine rings is 1. The van der Waals surface area contributed by atoms with E-state index < -0.39 is 0 Å². The number of carbonyl (C=O) groups excluding carboxylic acids is 2. The van der Waals surface area contributed by atoms with Crippen molar-refractivity contribution in [2.24, 2.45) is 5.41 Å². The Bertz CT molecular complexity index is 209. The van der Waals surface area contributed by atoms with Crippen molar-refractivity contribution in [1.82, 2.24) is 5.32 Å². The minimum atomic E-state index is -0.270. The van der Waals surface area contributed by atoms with Gasteiger partial charge in [0.1, 0.15) is 0 Å². The maximum atomic E-state index is 11.1. The number of rotatable bonds is 3. The smallest absolute Gasteiger partial charge is 0.227 e. The van der Waals surface area contributed by atoms with Crippen LogP contribution in [0.2, 0.25) is 0 Å². The molecule has 0 radical (unpaired) electrons. The Kier molecular flexibility index (Phi) is 3.03. The molecule has 0 bridgehead atoms. The maximum absolute atomic E-state index is 11.1. The van der Waals surface area contributed by atoms with E-state index in [2.05, 4.69) is 5.32 Å². The zero-order chi connectivity index (χ0) is 9.90. The van der Waals surface area contributed by atoms with Gasteiger partial charge < -0.3 is 4.74 Å². The van der Waals surface area contributed by atoms with E-state index >= 15 is 0 Å². The van der Waals surface area contributed by atoms with Gasteiger partial charge in [-0.1, -0.05) is 6.92 Å². The van der Waals surface area contributed by atoms with Crippen molar-refractivity contribution < 1.29 is 14.3 Å². The van der Waals surface area contributed by atoms with E-state index in [1.807, 2.05) is 6.92 Å². The van der Waals surface area contributed by atoms with Gasteiger partial charge in [-0.25, -0.2) is 0 Å². The van der Waals surface area contributed by atoms with E-state index in [-0.39, 0.29) is 17.2 Å². The average Bonchev–Trinajstić information content (AvgIpc) is 2.03. The molecule has 1 aliphatic heterocycles. The summed E-state index contributed by atoms with van der Waals surface area (Å²) in [7, 11) is 1.59. The quantitative estimate of drug-likeness (QED) is 0.650. The highest BCUT2D eigenvalue weighted by molar-refractivity contribution is 5.98. The molecule has 1 aliphatic rings. The molecule has 0 saturated carbocycles. The molecule has 4 nitrogen and oxygen atoms in total. The van der Waals surface area contributed by atoms with Gasteiger partial charge in [-0.15, -0.1) is 0 Å². The molecule has 0 aliphatic carbocycles. The van der Waals surface area contributed by atoms with Crippen LogP contribution >= 0.6 is 0 Å². The van der Waals surface area contributed by atoms with Gasteiger partial charge in [0, 0.05) is 25.4 Å². The summed E-state index contributed by atoms with van der Waals surface area (Å²) >= 11 is 0. The first-order valence-electron chi connectivity index (χ1n) is 4.43. The highest BCUT2D eigenvalue weighted by atomic mass is 16.5. The number of hydrogen-bond donors (Lipinski definition) is 1. The number of carbonyl (C=O) groups is 2. The highest BCUT2D eigenvalue weighted by Crippen LogP contribution is 2.33. The average molecular weight is 185 g/mol. The Morgan fingerprint density at radius 1 is 1.38 bits per heavy atom. The van der Waals surface area contributed by atoms with Crippen molar-refractivity contribution in [3.05, 3.63) is 0 Å². The summed E-state index contributed by atoms with van der Waals surface area (Å²) in [5.41, 5.74) is -0.270. The number of imide groups is 1. The molecule has 1 fully saturated rings. The topological polar surface area (TPSA) is 55.4 Å². The summed E-state index contributed by atoms with van der Waals surface area (Å²) in [6.45, 7) is 2.45. The lowest BCUT2D eigenvalue weighted by Crippen LogP contribution is -2.46. The Hall–Kier alpha value is -0.900. The largest absolute Gasteiger partial charge is 0.384 e. The fourth-order valence-electron chi connectivity index (χ4n) is 1.75. The van der Waals surface area contributed by atoms with Gasteiger partial charge in [0.25, 0.3) is 0 Å². The van der Waals surface area contributed by atoms with Gasteiger partial charge >= 0.3 is 0 Å². The Labute approximate surface area is 77.6 Å². The summed E-state index contributed by atoms with van der Waals surface area (Å²) in [6, 6.07) is 0. The maximum Gasteiger partial charge on any atom is 0.227 e. The number of ether oxygens (including phenoxy) is 1. The molecule has 1 heterocycles. The van der Waals surface area contributed by atoms with Crippen LogP contribution in [0.1, 0.15) is 26.2 Å². The van der Waals surface area contributed by atoms with Crippen LogP contribution in [0.15, 0.2) is 0 Å². The van der Waals surface area contributed by atoms with Crippen molar-refractivity contribution in [2.45, 2.75) is 26.2 Å². The first-order chi connectivity index (χ1) is 6.12. The van der Waals surface area contributed by atoms with Crippen molar-refractivity contribution in [1.29, 1.82) is 0 Å². The van der Waals surface area contributed by atoms with E-state index in [0.29, 0.717) is 19.4 Å². The summed E-state index contributed by atoms with van der Waals surface area (Å²) in [5, 5.41) is 2.29. The molecule has 13 heavy (non-hydrogen) atoms. The van der Waals surface area contributed by atoms with Gasteiger partial charge in [-0.2, -0.15) is 0 Å². The molecule has 2 amide bonds. The summed E-state index contributed by atoms with van der Waals surface area (Å²) in [4.78, 5) is 22.3. The summed E-state index contributed by atoms with van der Waals surface area (Å²) in [6.07, 6.45) is 1.58. The fraction of sp³-hybridized carbons (Fsp3) is 0.778. The van der Waals surface area contributed by atoms with Crippen LogP contribution in [0, 0.1) is 5.41 Å². The molecular weight excluding hydrogens is 170 g/mol. The molecule has 0 aromatic heterocycles. The molecule has 0 unspecified atom stereocenters. The van der Waals surface area contributed by atoms with Crippen LogP contribution in [0.3, 0.4) is 0 Å². The monoisotopic (exact) mass is 185 g/mol. The van der Waals surface area contributed by atoms with Crippen molar-refractivity contribution in [2.75, 3.05) is 13.7 Å². The Morgan fingerprint density at radius 2 is 1.92 bits per heavy atom. The molecule has 0 aromatic rings. The lowest BCUT2D eigenvalue weighted by atomic mass is 9.77. The van der Waals surface area contributed by atoms with Gasteiger partial charge in [0.15, 0.2) is 0 Å². The van der Waals surface area contributed by atoms with E-state index in [9.17, 15) is 9.59 Å². The van der Waals surface area contributed by atoms with E-state index in [1.165, 1.54) is 0 Å². The number of nitrogens with one attached hydrogen (secondary N) is 1. The van der Waals surface area contributed by atoms with Gasteiger partial charge in [-0.3, -0.25) is 14.9 Å². The first kappa shape index (κ1) is 10.2. The minimum absolute atomic E-state index is 0.185. The van der Waals surface area contributed by atoms with Gasteiger partial charge in [0.05, 0.1) is 6.61 Å². The number of hydrogen-bond acceptors (Lipinski definition) is 3. The first-order valence-corrected chi connectivity index (χ1v) is 4.43. The van der Waals surface area contributed by atoms with E-state index in [4.69, 9.17) is 4.74 Å². The molecule has 1 saturated heterocycles. The van der Waals surface area contributed by atoms with Crippen LogP contribution in [0.4, 0.5) is 0 Å². The predicted molar refractivity (Wildman–Crippen MR) is 47.0 cm³/mol. The molecule has 0 aromatic carbocycles. The lowest BCUT2D eigenvalue weighted by molar-refractivity contribution is -0.140. The van der Waals surface area contributed by atoms with Crippen LogP contribution in [0.25, 0.3) is 0 Å². The second kappa shape index (κ2) is 3.87. The Balaban J connectivity index is 2.73.